The van der Waals surface area contributed by atoms with Gasteiger partial charge in [0.15, 0.2) is 0 Å². The Morgan fingerprint density at radius 1 is 1.14 bits per heavy atom. The molecule has 0 radical (unpaired) electrons. The number of hydrogen-bond acceptors (Lipinski definition) is 3. The van der Waals surface area contributed by atoms with Gasteiger partial charge in [0.25, 0.3) is 0 Å². The third-order valence-corrected chi connectivity index (χ3v) is 2.84. The molecule has 1 heterocycles. The number of allylic oxidation sites excluding steroid dienone is 1. The molecular formula is C15H12FNO4. The monoisotopic (exact) mass is 289 g/mol. The van der Waals surface area contributed by atoms with Crippen molar-refractivity contribution in [3.63, 3.8) is 0 Å². The van der Waals surface area contributed by atoms with Crippen LogP contribution in [0.4, 0.5) is 4.39 Å². The highest BCUT2D eigenvalue weighted by Crippen LogP contribution is 2.11. The van der Waals surface area contributed by atoms with Crippen LogP contribution in [0.25, 0.3) is 0 Å². The van der Waals surface area contributed by atoms with Crippen molar-refractivity contribution in [3.8, 4) is 0 Å². The fourth-order valence-electron chi connectivity index (χ4n) is 1.82. The molecule has 0 amide bonds. The molecule has 2 rings (SSSR count). The second-order valence-electron chi connectivity index (χ2n) is 4.35. The maximum absolute atomic E-state index is 12.8. The summed E-state index contributed by atoms with van der Waals surface area (Å²) in [6, 6.07) is 8.95. The van der Waals surface area contributed by atoms with Crippen molar-refractivity contribution in [2.45, 2.75) is 6.54 Å². The van der Waals surface area contributed by atoms with Crippen LogP contribution in [0.3, 0.4) is 0 Å². The fourth-order valence-corrected chi connectivity index (χ4v) is 1.82. The van der Waals surface area contributed by atoms with Crippen LogP contribution in [0.5, 0.6) is 0 Å². The number of benzene rings is 1. The number of aromatic nitrogens is 1. The van der Waals surface area contributed by atoms with E-state index in [0.717, 1.165) is 5.56 Å². The van der Waals surface area contributed by atoms with E-state index in [1.54, 1.807) is 29.0 Å². The van der Waals surface area contributed by atoms with Crippen molar-refractivity contribution in [3.05, 3.63) is 71.5 Å². The average Bonchev–Trinajstić information content (AvgIpc) is 2.89. The quantitative estimate of drug-likeness (QED) is 0.503. The predicted molar refractivity (Wildman–Crippen MR) is 72.6 cm³/mol. The molecule has 0 aliphatic carbocycles. The lowest BCUT2D eigenvalue weighted by atomic mass is 10.2. The lowest BCUT2D eigenvalue weighted by Gasteiger charge is -2.07. The molecule has 1 aromatic heterocycles. The van der Waals surface area contributed by atoms with Gasteiger partial charge in [0, 0.05) is 18.8 Å². The molecule has 21 heavy (non-hydrogen) atoms. The van der Waals surface area contributed by atoms with Crippen LogP contribution >= 0.6 is 0 Å². The third kappa shape index (κ3) is 3.56. The van der Waals surface area contributed by atoms with Crippen LogP contribution in [-0.2, 0) is 11.3 Å². The normalized spacial score (nSPS) is 11.4. The molecule has 0 saturated heterocycles. The molecule has 0 aliphatic rings. The Balaban J connectivity index is 2.22. The average molecular weight is 289 g/mol. The van der Waals surface area contributed by atoms with Crippen molar-refractivity contribution < 1.29 is 24.2 Å². The molecule has 1 aromatic carbocycles. The summed E-state index contributed by atoms with van der Waals surface area (Å²) in [6.07, 6.45) is 2.29. The molecule has 5 nitrogen and oxygen atoms in total. The van der Waals surface area contributed by atoms with Crippen LogP contribution in [0.1, 0.15) is 16.1 Å². The number of carbonyl (C=O) groups excluding carboxylic acids is 1. The van der Waals surface area contributed by atoms with E-state index in [-0.39, 0.29) is 11.5 Å². The first-order valence-corrected chi connectivity index (χ1v) is 6.05. The number of hydrogen-bond donors (Lipinski definition) is 2. The Morgan fingerprint density at radius 2 is 1.81 bits per heavy atom. The molecular weight excluding hydrogens is 277 g/mol. The lowest BCUT2D eigenvalue weighted by Crippen LogP contribution is -2.10. The van der Waals surface area contributed by atoms with Crippen LogP contribution in [-0.4, -0.2) is 26.5 Å². The maximum atomic E-state index is 12.8. The molecule has 2 aromatic rings. The van der Waals surface area contributed by atoms with E-state index < -0.39 is 17.5 Å². The van der Waals surface area contributed by atoms with Gasteiger partial charge in [0.1, 0.15) is 5.82 Å². The Kier molecular flexibility index (Phi) is 4.18. The van der Waals surface area contributed by atoms with Crippen molar-refractivity contribution in [1.29, 1.82) is 0 Å². The number of rotatable bonds is 5. The lowest BCUT2D eigenvalue weighted by molar-refractivity contribution is -0.135. The van der Waals surface area contributed by atoms with Crippen LogP contribution in [0.2, 0.25) is 0 Å². The van der Waals surface area contributed by atoms with E-state index in [0.29, 0.717) is 12.6 Å². The summed E-state index contributed by atoms with van der Waals surface area (Å²) in [5, 5.41) is 17.6. The smallest absolute Gasteiger partial charge is 0.371 e. The van der Waals surface area contributed by atoms with Crippen molar-refractivity contribution in [2.24, 2.45) is 0 Å². The zero-order valence-electron chi connectivity index (χ0n) is 10.9. The van der Waals surface area contributed by atoms with E-state index in [2.05, 4.69) is 0 Å². The van der Waals surface area contributed by atoms with Crippen LogP contribution in [0, 0.1) is 5.82 Å². The predicted octanol–water partition coefficient (Wildman–Crippen LogP) is 2.38. The van der Waals surface area contributed by atoms with E-state index in [1.165, 1.54) is 18.2 Å². The topological polar surface area (TPSA) is 79.5 Å². The number of aliphatic carboxylic acids is 1. The van der Waals surface area contributed by atoms with E-state index in [9.17, 15) is 14.0 Å². The molecule has 0 spiro atoms. The second-order valence-corrected chi connectivity index (χ2v) is 4.35. The van der Waals surface area contributed by atoms with Crippen molar-refractivity contribution in [2.75, 3.05) is 0 Å². The summed E-state index contributed by atoms with van der Waals surface area (Å²) in [5.74, 6) is -3.56. The maximum Gasteiger partial charge on any atom is 0.371 e. The number of carboxylic acid groups (broad SMARTS) is 1. The van der Waals surface area contributed by atoms with Gasteiger partial charge in [-0.25, -0.2) is 9.18 Å². The number of carbonyl (C=O) groups is 2. The van der Waals surface area contributed by atoms with Crippen molar-refractivity contribution in [1.82, 2.24) is 4.57 Å². The first-order chi connectivity index (χ1) is 9.97. The minimum Gasteiger partial charge on any atom is -0.502 e. The molecule has 0 saturated carbocycles. The minimum atomic E-state index is -1.57. The van der Waals surface area contributed by atoms with Gasteiger partial charge in [-0.2, -0.15) is 0 Å². The van der Waals surface area contributed by atoms with Gasteiger partial charge in [0.05, 0.1) is 5.69 Å². The van der Waals surface area contributed by atoms with Gasteiger partial charge in [-0.3, -0.25) is 4.79 Å². The van der Waals surface area contributed by atoms with Gasteiger partial charge in [-0.15, -0.1) is 0 Å². The molecule has 108 valence electrons. The number of halogens is 1. The highest BCUT2D eigenvalue weighted by molar-refractivity contribution is 6.06. The van der Waals surface area contributed by atoms with Gasteiger partial charge < -0.3 is 14.8 Å². The van der Waals surface area contributed by atoms with Gasteiger partial charge in [-0.1, -0.05) is 12.1 Å². The first kappa shape index (κ1) is 14.5. The Hall–Kier alpha value is -2.89. The highest BCUT2D eigenvalue weighted by atomic mass is 19.1. The Morgan fingerprint density at radius 3 is 2.43 bits per heavy atom. The van der Waals surface area contributed by atoms with Gasteiger partial charge in [-0.05, 0) is 29.8 Å². The Bertz CT molecular complexity index is 701. The summed E-state index contributed by atoms with van der Waals surface area (Å²) in [6.45, 7) is 0.329. The third-order valence-electron chi connectivity index (χ3n) is 2.84. The molecule has 0 fully saturated rings. The van der Waals surface area contributed by atoms with Crippen molar-refractivity contribution >= 4 is 11.8 Å². The summed E-state index contributed by atoms with van der Waals surface area (Å²) in [4.78, 5) is 22.4. The number of ketones is 1. The van der Waals surface area contributed by atoms with Gasteiger partial charge >= 0.3 is 5.97 Å². The molecule has 0 unspecified atom stereocenters. The zero-order chi connectivity index (χ0) is 15.4. The summed E-state index contributed by atoms with van der Waals surface area (Å²) >= 11 is 0. The minimum absolute atomic E-state index is 0.229. The molecule has 6 heteroatoms. The van der Waals surface area contributed by atoms with E-state index in [4.69, 9.17) is 10.2 Å². The highest BCUT2D eigenvalue weighted by Gasteiger charge is 2.13. The summed E-state index contributed by atoms with van der Waals surface area (Å²) in [7, 11) is 0. The Labute approximate surface area is 119 Å². The second kappa shape index (κ2) is 6.04. The summed E-state index contributed by atoms with van der Waals surface area (Å²) < 4.78 is 14.4. The molecule has 0 atom stereocenters. The molecule has 0 aliphatic heterocycles. The molecule has 0 bridgehead atoms. The fraction of sp³-hybridized carbons (Fsp3) is 0.0667. The zero-order valence-corrected chi connectivity index (χ0v) is 10.9. The number of aliphatic hydroxyl groups is 1. The van der Waals surface area contributed by atoms with Crippen LogP contribution in [0.15, 0.2) is 54.4 Å². The molecule has 2 N–H and O–H groups in total. The first-order valence-electron chi connectivity index (χ1n) is 6.05. The van der Waals surface area contributed by atoms with Gasteiger partial charge in [0.2, 0.25) is 11.5 Å². The standard InChI is InChI=1S/C15H12FNO4/c16-11-5-3-10(4-6-11)9-17-7-1-2-12(17)13(18)8-14(19)15(20)21/h1-8,19H,9H2,(H,20,21). The van der Waals surface area contributed by atoms with E-state index in [1.807, 2.05) is 0 Å². The number of aliphatic hydroxyl groups excluding tert-OH is 1. The van der Waals surface area contributed by atoms with Crippen LogP contribution < -0.4 is 0 Å². The number of carboxylic acids is 1. The number of nitrogens with zero attached hydrogens (tertiary/aromatic N) is 1. The SMILES string of the molecule is O=C(O)C(O)=CC(=O)c1cccn1Cc1ccc(F)cc1. The summed E-state index contributed by atoms with van der Waals surface area (Å²) in [5.41, 5.74) is 1.01. The largest absolute Gasteiger partial charge is 0.502 e. The van der Waals surface area contributed by atoms with E-state index >= 15 is 0 Å².